The fourth-order valence-corrected chi connectivity index (χ4v) is 1.62. The molecule has 3 heteroatoms. The first-order chi connectivity index (χ1) is 7.37. The lowest BCUT2D eigenvalue weighted by atomic mass is 9.87. The van der Waals surface area contributed by atoms with Crippen LogP contribution in [-0.4, -0.2) is 19.0 Å². The van der Waals surface area contributed by atoms with Crippen LogP contribution in [0.2, 0.25) is 0 Å². The largest absolute Gasteiger partial charge is 0.356 e. The predicted molar refractivity (Wildman–Crippen MR) is 69.2 cm³/mol. The smallest absolute Gasteiger partial charge is 0.220 e. The van der Waals surface area contributed by atoms with Gasteiger partial charge in [0.1, 0.15) is 0 Å². The summed E-state index contributed by atoms with van der Waals surface area (Å²) in [6, 6.07) is 0. The van der Waals surface area contributed by atoms with E-state index in [9.17, 15) is 4.79 Å². The highest BCUT2D eigenvalue weighted by Gasteiger charge is 2.18. The minimum absolute atomic E-state index is 0.168. The first kappa shape index (κ1) is 15.4. The second-order valence-corrected chi connectivity index (χ2v) is 5.78. The lowest BCUT2D eigenvalue weighted by Crippen LogP contribution is -2.34. The molecule has 0 aliphatic rings. The average Bonchev–Trinajstić information content (AvgIpc) is 2.14. The van der Waals surface area contributed by atoms with Gasteiger partial charge in [0.05, 0.1) is 0 Å². The van der Waals surface area contributed by atoms with Gasteiger partial charge in [-0.1, -0.05) is 34.1 Å². The molecule has 0 aromatic rings. The molecule has 0 rings (SSSR count). The number of carbonyl (C=O) groups is 1. The Bertz CT molecular complexity index is 200. The molecule has 3 nitrogen and oxygen atoms in total. The molecular formula is C13H28N2O. The number of rotatable bonds is 8. The monoisotopic (exact) mass is 228 g/mol. The zero-order valence-corrected chi connectivity index (χ0v) is 11.3. The van der Waals surface area contributed by atoms with Crippen LogP contribution in [0.1, 0.15) is 53.4 Å². The fourth-order valence-electron chi connectivity index (χ4n) is 1.62. The normalized spacial score (nSPS) is 11.9. The van der Waals surface area contributed by atoms with Gasteiger partial charge in [-0.2, -0.15) is 0 Å². The standard InChI is InChI=1S/C13H28N2O/c1-11(2)9-12(16)15-10-13(3,4)7-5-6-8-14/h11H,5-10,14H2,1-4H3,(H,15,16). The molecule has 3 N–H and O–H groups in total. The Morgan fingerprint density at radius 3 is 2.44 bits per heavy atom. The molecule has 0 aliphatic carbocycles. The van der Waals surface area contributed by atoms with E-state index in [0.717, 1.165) is 32.4 Å². The second-order valence-electron chi connectivity index (χ2n) is 5.78. The Morgan fingerprint density at radius 1 is 1.31 bits per heavy atom. The Labute approximate surface area is 100 Å². The van der Waals surface area contributed by atoms with E-state index in [2.05, 4.69) is 33.0 Å². The summed E-state index contributed by atoms with van der Waals surface area (Å²) in [5, 5.41) is 3.01. The van der Waals surface area contributed by atoms with Gasteiger partial charge in [-0.25, -0.2) is 0 Å². The third-order valence-electron chi connectivity index (χ3n) is 2.67. The van der Waals surface area contributed by atoms with Gasteiger partial charge in [0.2, 0.25) is 5.91 Å². The van der Waals surface area contributed by atoms with Gasteiger partial charge >= 0.3 is 0 Å². The van der Waals surface area contributed by atoms with Crippen molar-refractivity contribution in [2.24, 2.45) is 17.1 Å². The van der Waals surface area contributed by atoms with Gasteiger partial charge in [-0.15, -0.1) is 0 Å². The molecule has 0 aromatic carbocycles. The quantitative estimate of drug-likeness (QED) is 0.626. The second kappa shape index (κ2) is 7.66. The van der Waals surface area contributed by atoms with Crippen molar-refractivity contribution >= 4 is 5.91 Å². The van der Waals surface area contributed by atoms with E-state index < -0.39 is 0 Å². The highest BCUT2D eigenvalue weighted by molar-refractivity contribution is 5.76. The molecular weight excluding hydrogens is 200 g/mol. The van der Waals surface area contributed by atoms with Crippen molar-refractivity contribution in [1.82, 2.24) is 5.32 Å². The molecule has 16 heavy (non-hydrogen) atoms. The van der Waals surface area contributed by atoms with E-state index in [1.165, 1.54) is 0 Å². The number of nitrogens with one attached hydrogen (secondary N) is 1. The minimum atomic E-state index is 0.168. The maximum Gasteiger partial charge on any atom is 0.220 e. The first-order valence-corrected chi connectivity index (χ1v) is 6.34. The molecule has 0 radical (unpaired) electrons. The lowest BCUT2D eigenvalue weighted by molar-refractivity contribution is -0.122. The van der Waals surface area contributed by atoms with Crippen LogP contribution < -0.4 is 11.1 Å². The Balaban J connectivity index is 3.75. The third kappa shape index (κ3) is 8.72. The molecule has 0 atom stereocenters. The van der Waals surface area contributed by atoms with Gasteiger partial charge in [0.15, 0.2) is 0 Å². The topological polar surface area (TPSA) is 55.1 Å². The van der Waals surface area contributed by atoms with Crippen molar-refractivity contribution in [3.63, 3.8) is 0 Å². The maximum atomic E-state index is 11.5. The molecule has 0 spiro atoms. The average molecular weight is 228 g/mol. The van der Waals surface area contributed by atoms with E-state index in [0.29, 0.717) is 12.3 Å². The van der Waals surface area contributed by atoms with E-state index in [4.69, 9.17) is 5.73 Å². The third-order valence-corrected chi connectivity index (χ3v) is 2.67. The maximum absolute atomic E-state index is 11.5. The summed E-state index contributed by atoms with van der Waals surface area (Å²) >= 11 is 0. The summed E-state index contributed by atoms with van der Waals surface area (Å²) < 4.78 is 0. The van der Waals surface area contributed by atoms with Crippen molar-refractivity contribution in [3.8, 4) is 0 Å². The summed E-state index contributed by atoms with van der Waals surface area (Å²) in [5.74, 6) is 0.599. The number of amides is 1. The van der Waals surface area contributed by atoms with E-state index in [1.54, 1.807) is 0 Å². The molecule has 1 amide bonds. The van der Waals surface area contributed by atoms with Crippen LogP contribution in [-0.2, 0) is 4.79 Å². The van der Waals surface area contributed by atoms with Gasteiger partial charge in [0, 0.05) is 13.0 Å². The molecule has 0 unspecified atom stereocenters. The van der Waals surface area contributed by atoms with Crippen LogP contribution in [0.3, 0.4) is 0 Å². The Hall–Kier alpha value is -0.570. The van der Waals surface area contributed by atoms with Gasteiger partial charge in [-0.05, 0) is 30.7 Å². The van der Waals surface area contributed by atoms with Crippen molar-refractivity contribution < 1.29 is 4.79 Å². The minimum Gasteiger partial charge on any atom is -0.356 e. The van der Waals surface area contributed by atoms with Crippen molar-refractivity contribution in [2.75, 3.05) is 13.1 Å². The zero-order chi connectivity index (χ0) is 12.6. The molecule has 0 saturated heterocycles. The number of nitrogens with two attached hydrogens (primary N) is 1. The fraction of sp³-hybridized carbons (Fsp3) is 0.923. The zero-order valence-electron chi connectivity index (χ0n) is 11.3. The number of unbranched alkanes of at least 4 members (excludes halogenated alkanes) is 1. The molecule has 0 heterocycles. The lowest BCUT2D eigenvalue weighted by Gasteiger charge is -2.25. The van der Waals surface area contributed by atoms with Crippen LogP contribution in [0.5, 0.6) is 0 Å². The van der Waals surface area contributed by atoms with Crippen molar-refractivity contribution in [3.05, 3.63) is 0 Å². The molecule has 96 valence electrons. The summed E-state index contributed by atoms with van der Waals surface area (Å²) in [6.07, 6.45) is 3.96. The van der Waals surface area contributed by atoms with Crippen molar-refractivity contribution in [1.29, 1.82) is 0 Å². The van der Waals surface area contributed by atoms with Crippen LogP contribution in [0.4, 0.5) is 0 Å². The Morgan fingerprint density at radius 2 is 1.94 bits per heavy atom. The summed E-state index contributed by atoms with van der Waals surface area (Å²) in [6.45, 7) is 10.0. The van der Waals surface area contributed by atoms with Crippen LogP contribution in [0.25, 0.3) is 0 Å². The SMILES string of the molecule is CC(C)CC(=O)NCC(C)(C)CCCCN. The van der Waals surface area contributed by atoms with E-state index in [1.807, 2.05) is 0 Å². The molecule has 0 aliphatic heterocycles. The predicted octanol–water partition coefficient (Wildman–Crippen LogP) is 2.30. The molecule has 0 bridgehead atoms. The number of carbonyl (C=O) groups excluding carboxylic acids is 1. The summed E-state index contributed by atoms with van der Waals surface area (Å²) in [4.78, 5) is 11.5. The molecule has 0 saturated carbocycles. The van der Waals surface area contributed by atoms with Gasteiger partial charge < -0.3 is 11.1 Å². The Kier molecular flexibility index (Phi) is 7.39. The van der Waals surface area contributed by atoms with Crippen LogP contribution in [0, 0.1) is 11.3 Å². The van der Waals surface area contributed by atoms with Crippen LogP contribution in [0.15, 0.2) is 0 Å². The highest BCUT2D eigenvalue weighted by atomic mass is 16.1. The molecule has 0 aromatic heterocycles. The first-order valence-electron chi connectivity index (χ1n) is 6.34. The summed E-state index contributed by atoms with van der Waals surface area (Å²) in [5.41, 5.74) is 5.65. The van der Waals surface area contributed by atoms with E-state index in [-0.39, 0.29) is 11.3 Å². The highest BCUT2D eigenvalue weighted by Crippen LogP contribution is 2.21. The number of hydrogen-bond donors (Lipinski definition) is 2. The van der Waals surface area contributed by atoms with Crippen LogP contribution >= 0.6 is 0 Å². The van der Waals surface area contributed by atoms with E-state index >= 15 is 0 Å². The van der Waals surface area contributed by atoms with Gasteiger partial charge in [0.25, 0.3) is 0 Å². The van der Waals surface area contributed by atoms with Crippen molar-refractivity contribution in [2.45, 2.75) is 53.4 Å². The molecule has 0 fully saturated rings. The number of hydrogen-bond acceptors (Lipinski definition) is 2. The summed E-state index contributed by atoms with van der Waals surface area (Å²) in [7, 11) is 0. The van der Waals surface area contributed by atoms with Gasteiger partial charge in [-0.3, -0.25) is 4.79 Å².